The van der Waals surface area contributed by atoms with Gasteiger partial charge in [-0.2, -0.15) is 0 Å². The standard InChI is InChI=1S/C21H21N5O2/c1-3-19(27)25-10-12-26(13-11-25)21-17-14-22-9-8-18(17)23-20(24-21)15-4-6-16(28-2)7-5-15/h3-9,14H,1,10-13H2,2H3. The third-order valence-electron chi connectivity index (χ3n) is 4.89. The molecule has 1 aliphatic rings. The Hall–Kier alpha value is -3.48. The first-order valence-corrected chi connectivity index (χ1v) is 9.12. The fourth-order valence-electron chi connectivity index (χ4n) is 3.33. The minimum atomic E-state index is -0.0345. The van der Waals surface area contributed by atoms with E-state index in [9.17, 15) is 4.79 Å². The topological polar surface area (TPSA) is 71.5 Å². The van der Waals surface area contributed by atoms with Gasteiger partial charge in [-0.1, -0.05) is 6.58 Å². The number of amides is 1. The molecule has 1 saturated heterocycles. The van der Waals surface area contributed by atoms with Gasteiger partial charge in [0.2, 0.25) is 5.91 Å². The van der Waals surface area contributed by atoms with E-state index in [0.717, 1.165) is 28.0 Å². The SMILES string of the molecule is C=CC(=O)N1CCN(c2nc(-c3ccc(OC)cc3)nc3ccncc23)CC1. The van der Waals surface area contributed by atoms with Crippen molar-refractivity contribution in [2.24, 2.45) is 0 Å². The molecule has 0 spiro atoms. The van der Waals surface area contributed by atoms with Gasteiger partial charge >= 0.3 is 0 Å². The highest BCUT2D eigenvalue weighted by Crippen LogP contribution is 2.28. The van der Waals surface area contributed by atoms with Crippen LogP contribution < -0.4 is 9.64 Å². The number of hydrogen-bond acceptors (Lipinski definition) is 6. The summed E-state index contributed by atoms with van der Waals surface area (Å²) in [5.74, 6) is 2.25. The molecule has 0 saturated carbocycles. The summed E-state index contributed by atoms with van der Waals surface area (Å²) in [4.78, 5) is 29.7. The van der Waals surface area contributed by atoms with Gasteiger partial charge in [-0.15, -0.1) is 0 Å². The number of carbonyl (C=O) groups excluding carboxylic acids is 1. The van der Waals surface area contributed by atoms with Crippen LogP contribution in [0.25, 0.3) is 22.3 Å². The van der Waals surface area contributed by atoms with Crippen molar-refractivity contribution in [1.29, 1.82) is 0 Å². The van der Waals surface area contributed by atoms with Crippen molar-refractivity contribution in [3.8, 4) is 17.1 Å². The van der Waals surface area contributed by atoms with Crippen LogP contribution in [0, 0.1) is 0 Å². The summed E-state index contributed by atoms with van der Waals surface area (Å²) in [6.45, 7) is 6.23. The molecule has 4 rings (SSSR count). The van der Waals surface area contributed by atoms with Gasteiger partial charge in [0.05, 0.1) is 18.0 Å². The van der Waals surface area contributed by atoms with Gasteiger partial charge in [0, 0.05) is 44.1 Å². The highest BCUT2D eigenvalue weighted by Gasteiger charge is 2.23. The molecule has 0 atom stereocenters. The summed E-state index contributed by atoms with van der Waals surface area (Å²) < 4.78 is 5.24. The van der Waals surface area contributed by atoms with Crippen molar-refractivity contribution in [3.63, 3.8) is 0 Å². The lowest BCUT2D eigenvalue weighted by atomic mass is 10.2. The third kappa shape index (κ3) is 3.38. The van der Waals surface area contributed by atoms with Crippen LogP contribution in [-0.4, -0.2) is 59.0 Å². The Kier molecular flexibility index (Phi) is 4.89. The Morgan fingerprint density at radius 1 is 1.11 bits per heavy atom. The Morgan fingerprint density at radius 3 is 2.54 bits per heavy atom. The average molecular weight is 375 g/mol. The minimum absolute atomic E-state index is 0.0345. The molecule has 28 heavy (non-hydrogen) atoms. The third-order valence-corrected chi connectivity index (χ3v) is 4.89. The van der Waals surface area contributed by atoms with Crippen LogP contribution >= 0.6 is 0 Å². The molecular formula is C21H21N5O2. The molecule has 142 valence electrons. The van der Waals surface area contributed by atoms with Gasteiger partial charge in [0.25, 0.3) is 0 Å². The molecular weight excluding hydrogens is 354 g/mol. The van der Waals surface area contributed by atoms with E-state index in [0.29, 0.717) is 32.0 Å². The van der Waals surface area contributed by atoms with E-state index >= 15 is 0 Å². The number of anilines is 1. The maximum Gasteiger partial charge on any atom is 0.246 e. The molecule has 1 fully saturated rings. The van der Waals surface area contributed by atoms with Crippen molar-refractivity contribution in [2.45, 2.75) is 0 Å². The van der Waals surface area contributed by atoms with Gasteiger partial charge in [-0.05, 0) is 36.4 Å². The zero-order chi connectivity index (χ0) is 19.5. The second kappa shape index (κ2) is 7.64. The number of aromatic nitrogens is 3. The second-order valence-corrected chi connectivity index (χ2v) is 6.51. The molecule has 1 amide bonds. The predicted octanol–water partition coefficient (Wildman–Crippen LogP) is 2.54. The van der Waals surface area contributed by atoms with Gasteiger partial charge in [-0.3, -0.25) is 9.78 Å². The first kappa shape index (κ1) is 17.9. The van der Waals surface area contributed by atoms with E-state index in [-0.39, 0.29) is 5.91 Å². The van der Waals surface area contributed by atoms with Crippen LogP contribution in [0.2, 0.25) is 0 Å². The highest BCUT2D eigenvalue weighted by atomic mass is 16.5. The van der Waals surface area contributed by atoms with Crippen molar-refractivity contribution in [3.05, 3.63) is 55.4 Å². The molecule has 7 nitrogen and oxygen atoms in total. The number of ether oxygens (including phenoxy) is 1. The van der Waals surface area contributed by atoms with E-state index in [1.165, 1.54) is 6.08 Å². The normalized spacial score (nSPS) is 14.2. The molecule has 2 aromatic heterocycles. The summed E-state index contributed by atoms with van der Waals surface area (Å²) in [6, 6.07) is 9.59. The number of nitrogens with zero attached hydrogens (tertiary/aromatic N) is 5. The minimum Gasteiger partial charge on any atom is -0.497 e. The first-order valence-electron chi connectivity index (χ1n) is 9.12. The summed E-state index contributed by atoms with van der Waals surface area (Å²) >= 11 is 0. The second-order valence-electron chi connectivity index (χ2n) is 6.51. The van der Waals surface area contributed by atoms with Crippen LogP contribution in [-0.2, 0) is 4.79 Å². The lowest BCUT2D eigenvalue weighted by molar-refractivity contribution is -0.126. The molecule has 3 heterocycles. The number of rotatable bonds is 4. The van der Waals surface area contributed by atoms with Crippen LogP contribution in [0.4, 0.5) is 5.82 Å². The Labute approximate surface area is 163 Å². The van der Waals surface area contributed by atoms with Gasteiger partial charge < -0.3 is 14.5 Å². The Bertz CT molecular complexity index is 1010. The number of methoxy groups -OCH3 is 1. The molecule has 1 aliphatic heterocycles. The first-order chi connectivity index (χ1) is 13.7. The van der Waals surface area contributed by atoms with E-state index in [2.05, 4.69) is 16.5 Å². The van der Waals surface area contributed by atoms with Crippen LogP contribution in [0.3, 0.4) is 0 Å². The van der Waals surface area contributed by atoms with Crippen molar-refractivity contribution >= 4 is 22.6 Å². The zero-order valence-electron chi connectivity index (χ0n) is 15.7. The molecule has 0 bridgehead atoms. The molecule has 1 aromatic carbocycles. The average Bonchev–Trinajstić information content (AvgIpc) is 2.78. The monoisotopic (exact) mass is 375 g/mol. The summed E-state index contributed by atoms with van der Waals surface area (Å²) in [6.07, 6.45) is 4.89. The Morgan fingerprint density at radius 2 is 1.86 bits per heavy atom. The lowest BCUT2D eigenvalue weighted by Gasteiger charge is -2.35. The summed E-state index contributed by atoms with van der Waals surface area (Å²) in [5, 5.41) is 0.906. The predicted molar refractivity (Wildman–Crippen MR) is 108 cm³/mol. The molecule has 0 radical (unpaired) electrons. The van der Waals surface area contributed by atoms with Crippen LogP contribution in [0.15, 0.2) is 55.4 Å². The molecule has 0 aliphatic carbocycles. The maximum absolute atomic E-state index is 11.9. The highest BCUT2D eigenvalue weighted by molar-refractivity contribution is 5.91. The summed E-state index contributed by atoms with van der Waals surface area (Å²) in [5.41, 5.74) is 1.76. The van der Waals surface area contributed by atoms with Crippen LogP contribution in [0.5, 0.6) is 5.75 Å². The van der Waals surface area contributed by atoms with Gasteiger partial charge in [0.15, 0.2) is 5.82 Å². The van der Waals surface area contributed by atoms with Crippen molar-refractivity contribution < 1.29 is 9.53 Å². The number of fused-ring (bicyclic) bond motifs is 1. The number of hydrogen-bond donors (Lipinski definition) is 0. The number of pyridine rings is 1. The van der Waals surface area contributed by atoms with Gasteiger partial charge in [-0.25, -0.2) is 9.97 Å². The zero-order valence-corrected chi connectivity index (χ0v) is 15.7. The molecule has 0 unspecified atom stereocenters. The number of benzene rings is 1. The molecule has 3 aromatic rings. The van der Waals surface area contributed by atoms with Crippen molar-refractivity contribution in [1.82, 2.24) is 19.9 Å². The largest absolute Gasteiger partial charge is 0.497 e. The van der Waals surface area contributed by atoms with E-state index in [1.807, 2.05) is 30.3 Å². The molecule has 0 N–H and O–H groups in total. The number of carbonyl (C=O) groups is 1. The van der Waals surface area contributed by atoms with E-state index in [4.69, 9.17) is 14.7 Å². The fraction of sp³-hybridized carbons (Fsp3) is 0.238. The lowest BCUT2D eigenvalue weighted by Crippen LogP contribution is -2.48. The summed E-state index contributed by atoms with van der Waals surface area (Å²) in [7, 11) is 1.64. The maximum atomic E-state index is 11.9. The molecule has 7 heteroatoms. The number of piperazine rings is 1. The smallest absolute Gasteiger partial charge is 0.246 e. The van der Waals surface area contributed by atoms with Gasteiger partial charge in [0.1, 0.15) is 11.6 Å². The quantitative estimate of drug-likeness (QED) is 0.653. The van der Waals surface area contributed by atoms with E-state index < -0.39 is 0 Å². The van der Waals surface area contributed by atoms with E-state index in [1.54, 1.807) is 24.4 Å². The Balaban J connectivity index is 1.71. The van der Waals surface area contributed by atoms with Crippen LogP contribution in [0.1, 0.15) is 0 Å². The van der Waals surface area contributed by atoms with Crippen molar-refractivity contribution in [2.75, 3.05) is 38.2 Å². The fourth-order valence-corrected chi connectivity index (χ4v) is 3.33.